The van der Waals surface area contributed by atoms with Gasteiger partial charge in [-0.15, -0.1) is 0 Å². The molecule has 22 heavy (non-hydrogen) atoms. The lowest BCUT2D eigenvalue weighted by atomic mass is 9.70. The van der Waals surface area contributed by atoms with Crippen molar-refractivity contribution in [2.45, 2.75) is 25.4 Å². The molecule has 0 radical (unpaired) electrons. The van der Waals surface area contributed by atoms with Crippen LogP contribution >= 0.6 is 0 Å². The van der Waals surface area contributed by atoms with Gasteiger partial charge in [0.2, 0.25) is 0 Å². The number of aliphatic hydroxyl groups is 1. The Kier molecular flexibility index (Phi) is 3.84. The van der Waals surface area contributed by atoms with Crippen LogP contribution in [0.4, 0.5) is 0 Å². The Hall–Kier alpha value is -1.64. The van der Waals surface area contributed by atoms with E-state index >= 15 is 0 Å². The van der Waals surface area contributed by atoms with Gasteiger partial charge in [0, 0.05) is 18.4 Å². The summed E-state index contributed by atoms with van der Waals surface area (Å²) in [6.07, 6.45) is 1.58. The standard InChI is InChI=1S/C20H25NO/c1-19(15-21(2)3)14-17-11-7-8-12-18(17)20(19,22)13-16-9-5-4-6-10-16/h4-12,22H,13-15H2,1-3H3. The third-order valence-electron chi connectivity index (χ3n) is 5.01. The highest BCUT2D eigenvalue weighted by atomic mass is 16.3. The maximum Gasteiger partial charge on any atom is 0.101 e. The largest absolute Gasteiger partial charge is 0.384 e. The summed E-state index contributed by atoms with van der Waals surface area (Å²) in [4.78, 5) is 2.18. The molecule has 0 bridgehead atoms. The van der Waals surface area contributed by atoms with Gasteiger partial charge in [0.15, 0.2) is 0 Å². The van der Waals surface area contributed by atoms with Gasteiger partial charge >= 0.3 is 0 Å². The van der Waals surface area contributed by atoms with Gasteiger partial charge in [-0.25, -0.2) is 0 Å². The first kappa shape index (κ1) is 15.3. The molecule has 0 saturated heterocycles. The molecule has 0 fully saturated rings. The smallest absolute Gasteiger partial charge is 0.101 e. The van der Waals surface area contributed by atoms with Crippen LogP contribution in [0.25, 0.3) is 0 Å². The fraction of sp³-hybridized carbons (Fsp3) is 0.400. The summed E-state index contributed by atoms with van der Waals surface area (Å²) in [5, 5.41) is 11.7. The van der Waals surface area contributed by atoms with E-state index in [1.54, 1.807) is 0 Å². The zero-order chi connectivity index (χ0) is 15.8. The first-order valence-corrected chi connectivity index (χ1v) is 7.94. The second-order valence-electron chi connectivity index (χ2n) is 7.16. The lowest BCUT2D eigenvalue weighted by Gasteiger charge is -2.42. The summed E-state index contributed by atoms with van der Waals surface area (Å²) >= 11 is 0. The summed E-state index contributed by atoms with van der Waals surface area (Å²) in [5.74, 6) is 0. The molecule has 0 amide bonds. The molecule has 0 heterocycles. The molecule has 3 rings (SSSR count). The van der Waals surface area contributed by atoms with Crippen molar-refractivity contribution in [2.75, 3.05) is 20.6 Å². The van der Waals surface area contributed by atoms with Crippen molar-refractivity contribution in [2.24, 2.45) is 5.41 Å². The van der Waals surface area contributed by atoms with Gasteiger partial charge in [-0.1, -0.05) is 61.5 Å². The maximum atomic E-state index is 11.7. The summed E-state index contributed by atoms with van der Waals surface area (Å²) in [6, 6.07) is 18.7. The van der Waals surface area contributed by atoms with Crippen molar-refractivity contribution in [1.29, 1.82) is 0 Å². The molecule has 1 aliphatic rings. The topological polar surface area (TPSA) is 23.5 Å². The van der Waals surface area contributed by atoms with E-state index in [-0.39, 0.29) is 5.41 Å². The van der Waals surface area contributed by atoms with E-state index in [1.165, 1.54) is 11.1 Å². The number of benzene rings is 2. The molecule has 0 aromatic heterocycles. The average molecular weight is 295 g/mol. The molecule has 2 nitrogen and oxygen atoms in total. The van der Waals surface area contributed by atoms with E-state index in [4.69, 9.17) is 0 Å². The van der Waals surface area contributed by atoms with Crippen LogP contribution in [0.5, 0.6) is 0 Å². The third-order valence-corrected chi connectivity index (χ3v) is 5.01. The molecule has 1 aliphatic carbocycles. The molecule has 2 heteroatoms. The molecule has 0 spiro atoms. The number of nitrogens with zero attached hydrogens (tertiary/aromatic N) is 1. The Morgan fingerprint density at radius 2 is 1.64 bits per heavy atom. The molecular weight excluding hydrogens is 270 g/mol. The minimum absolute atomic E-state index is 0.184. The van der Waals surface area contributed by atoms with Crippen molar-refractivity contribution >= 4 is 0 Å². The van der Waals surface area contributed by atoms with E-state index < -0.39 is 5.60 Å². The minimum Gasteiger partial charge on any atom is -0.384 e. The Labute approximate surface area is 133 Å². The maximum absolute atomic E-state index is 11.7. The van der Waals surface area contributed by atoms with Crippen LogP contribution in [0.15, 0.2) is 54.6 Å². The van der Waals surface area contributed by atoms with Crippen LogP contribution in [0.2, 0.25) is 0 Å². The van der Waals surface area contributed by atoms with Crippen molar-refractivity contribution in [3.05, 3.63) is 71.3 Å². The number of hydrogen-bond donors (Lipinski definition) is 1. The van der Waals surface area contributed by atoms with Gasteiger partial charge in [0.05, 0.1) is 0 Å². The quantitative estimate of drug-likeness (QED) is 0.936. The highest BCUT2D eigenvalue weighted by molar-refractivity contribution is 5.42. The number of rotatable bonds is 4. The van der Waals surface area contributed by atoms with Crippen molar-refractivity contribution in [1.82, 2.24) is 4.90 Å². The number of hydrogen-bond acceptors (Lipinski definition) is 2. The summed E-state index contributed by atoms with van der Waals surface area (Å²) < 4.78 is 0. The summed E-state index contributed by atoms with van der Waals surface area (Å²) in [7, 11) is 4.16. The fourth-order valence-corrected chi connectivity index (χ4v) is 4.05. The lowest BCUT2D eigenvalue weighted by Crippen LogP contribution is -2.48. The zero-order valence-corrected chi connectivity index (χ0v) is 13.7. The van der Waals surface area contributed by atoms with Crippen molar-refractivity contribution < 1.29 is 5.11 Å². The second kappa shape index (κ2) is 5.53. The third kappa shape index (κ3) is 2.47. The molecule has 116 valence electrons. The Morgan fingerprint density at radius 3 is 2.32 bits per heavy atom. The predicted molar refractivity (Wildman–Crippen MR) is 90.8 cm³/mol. The minimum atomic E-state index is -0.824. The lowest BCUT2D eigenvalue weighted by molar-refractivity contribution is -0.0787. The molecule has 0 aliphatic heterocycles. The highest BCUT2D eigenvalue weighted by Crippen LogP contribution is 2.52. The molecule has 1 N–H and O–H groups in total. The van der Waals surface area contributed by atoms with Crippen molar-refractivity contribution in [3.8, 4) is 0 Å². The second-order valence-corrected chi connectivity index (χ2v) is 7.16. The first-order valence-electron chi connectivity index (χ1n) is 7.94. The van der Waals surface area contributed by atoms with Gasteiger partial charge < -0.3 is 10.0 Å². The van der Waals surface area contributed by atoms with Crippen LogP contribution in [0, 0.1) is 5.41 Å². The summed E-state index contributed by atoms with van der Waals surface area (Å²) in [5.41, 5.74) is 2.56. The van der Waals surface area contributed by atoms with Crippen molar-refractivity contribution in [3.63, 3.8) is 0 Å². The molecule has 0 saturated carbocycles. The van der Waals surface area contributed by atoms with Crippen LogP contribution in [-0.4, -0.2) is 30.6 Å². The van der Waals surface area contributed by atoms with Gasteiger partial charge in [-0.05, 0) is 37.2 Å². The van der Waals surface area contributed by atoms with Gasteiger partial charge in [0.25, 0.3) is 0 Å². The number of fused-ring (bicyclic) bond motifs is 1. The van der Waals surface area contributed by atoms with Gasteiger partial charge in [0.1, 0.15) is 5.60 Å². The van der Waals surface area contributed by atoms with Crippen LogP contribution in [-0.2, 0) is 18.4 Å². The zero-order valence-electron chi connectivity index (χ0n) is 13.7. The van der Waals surface area contributed by atoms with Crippen LogP contribution in [0.3, 0.4) is 0 Å². The highest BCUT2D eigenvalue weighted by Gasteiger charge is 2.53. The van der Waals surface area contributed by atoms with Gasteiger partial charge in [-0.2, -0.15) is 0 Å². The monoisotopic (exact) mass is 295 g/mol. The van der Waals surface area contributed by atoms with Crippen LogP contribution in [0.1, 0.15) is 23.6 Å². The predicted octanol–water partition coefficient (Wildman–Crippen LogP) is 3.24. The molecule has 2 unspecified atom stereocenters. The normalized spacial score (nSPS) is 27.1. The van der Waals surface area contributed by atoms with E-state index in [0.717, 1.165) is 18.5 Å². The van der Waals surface area contributed by atoms with Crippen LogP contribution < -0.4 is 0 Å². The Morgan fingerprint density at radius 1 is 1.00 bits per heavy atom. The summed E-state index contributed by atoms with van der Waals surface area (Å²) in [6.45, 7) is 3.08. The first-order chi connectivity index (χ1) is 10.4. The average Bonchev–Trinajstić information content (AvgIpc) is 2.67. The van der Waals surface area contributed by atoms with E-state index in [2.05, 4.69) is 56.3 Å². The molecule has 2 atom stereocenters. The molecule has 2 aromatic carbocycles. The van der Waals surface area contributed by atoms with Gasteiger partial charge in [-0.3, -0.25) is 0 Å². The molecular formula is C20H25NO. The fourth-order valence-electron chi connectivity index (χ4n) is 4.05. The Balaban J connectivity index is 2.06. The van der Waals surface area contributed by atoms with E-state index in [1.807, 2.05) is 24.3 Å². The molecule has 2 aromatic rings. The van der Waals surface area contributed by atoms with E-state index in [0.29, 0.717) is 6.42 Å². The Bertz CT molecular complexity index is 652. The van der Waals surface area contributed by atoms with E-state index in [9.17, 15) is 5.11 Å². The SMILES string of the molecule is CN(C)CC1(C)Cc2ccccc2C1(O)Cc1ccccc1.